The van der Waals surface area contributed by atoms with Gasteiger partial charge >= 0.3 is 12.2 Å². The first-order valence-electron chi connectivity index (χ1n) is 11.1. The lowest BCUT2D eigenvalue weighted by atomic mass is 9.76. The van der Waals surface area contributed by atoms with E-state index in [1.165, 1.54) is 6.20 Å². The Bertz CT molecular complexity index is 1350. The number of carbonyl (C=O) groups is 1. The van der Waals surface area contributed by atoms with E-state index < -0.39 is 17.6 Å². The largest absolute Gasteiger partial charge is 0.419 e. The molecule has 0 saturated carbocycles. The summed E-state index contributed by atoms with van der Waals surface area (Å²) in [4.78, 5) is 18.2. The van der Waals surface area contributed by atoms with Gasteiger partial charge in [-0.05, 0) is 37.1 Å². The summed E-state index contributed by atoms with van der Waals surface area (Å²) >= 11 is 0. The smallest absolute Gasteiger partial charge is 0.383 e. The van der Waals surface area contributed by atoms with Crippen molar-refractivity contribution >= 4 is 11.8 Å². The molecular formula is C24H22F3N7O. The maximum absolute atomic E-state index is 13.2. The molecule has 8 nitrogen and oxygen atoms in total. The zero-order valence-electron chi connectivity index (χ0n) is 18.8. The number of nitrogen functional groups attached to an aromatic ring is 1. The molecule has 2 aliphatic rings. The molecule has 3 aromatic rings. The van der Waals surface area contributed by atoms with Crippen molar-refractivity contribution in [2.75, 3.05) is 18.8 Å². The van der Waals surface area contributed by atoms with Crippen LogP contribution in [0.1, 0.15) is 41.8 Å². The summed E-state index contributed by atoms with van der Waals surface area (Å²) in [6, 6.07) is 11.4. The van der Waals surface area contributed by atoms with Crippen LogP contribution in [0.3, 0.4) is 0 Å². The molecule has 35 heavy (non-hydrogen) atoms. The fourth-order valence-electron chi connectivity index (χ4n) is 4.92. The summed E-state index contributed by atoms with van der Waals surface area (Å²) in [7, 11) is 0. The van der Waals surface area contributed by atoms with Gasteiger partial charge in [-0.2, -0.15) is 23.5 Å². The number of amides is 2. The summed E-state index contributed by atoms with van der Waals surface area (Å²) in [6.45, 7) is 3.40. The Morgan fingerprint density at radius 3 is 2.74 bits per heavy atom. The minimum Gasteiger partial charge on any atom is -0.383 e. The highest BCUT2D eigenvalue weighted by Gasteiger charge is 2.51. The van der Waals surface area contributed by atoms with E-state index in [0.717, 1.165) is 23.7 Å². The fourth-order valence-corrected chi connectivity index (χ4v) is 4.92. The first kappa shape index (κ1) is 22.7. The van der Waals surface area contributed by atoms with Gasteiger partial charge in [0.05, 0.1) is 28.9 Å². The Morgan fingerprint density at radius 1 is 1.29 bits per heavy atom. The zero-order chi connectivity index (χ0) is 25.0. The number of nitrogens with two attached hydrogens (primary N) is 1. The van der Waals surface area contributed by atoms with Crippen LogP contribution in [-0.4, -0.2) is 38.8 Å². The van der Waals surface area contributed by atoms with Gasteiger partial charge in [0.25, 0.3) is 0 Å². The number of rotatable bonds is 3. The summed E-state index contributed by atoms with van der Waals surface area (Å²) in [6.07, 6.45) is -2.53. The molecule has 0 radical (unpaired) electrons. The van der Waals surface area contributed by atoms with Gasteiger partial charge in [-0.25, -0.2) is 9.78 Å². The third-order valence-electron chi connectivity index (χ3n) is 6.81. The predicted octanol–water partition coefficient (Wildman–Crippen LogP) is 3.85. The minimum atomic E-state index is -4.61. The van der Waals surface area contributed by atoms with Gasteiger partial charge in [-0.15, -0.1) is 0 Å². The Hall–Kier alpha value is -4.07. The average molecular weight is 481 g/mol. The lowest BCUT2D eigenvalue weighted by molar-refractivity contribution is -0.137. The van der Waals surface area contributed by atoms with Crippen molar-refractivity contribution in [3.05, 3.63) is 65.0 Å². The van der Waals surface area contributed by atoms with Crippen molar-refractivity contribution in [2.45, 2.75) is 37.5 Å². The van der Waals surface area contributed by atoms with Crippen molar-refractivity contribution in [2.24, 2.45) is 0 Å². The third-order valence-corrected chi connectivity index (χ3v) is 6.81. The van der Waals surface area contributed by atoms with Crippen molar-refractivity contribution < 1.29 is 18.0 Å². The number of alkyl halides is 3. The van der Waals surface area contributed by atoms with Crippen molar-refractivity contribution in [1.29, 1.82) is 5.26 Å². The van der Waals surface area contributed by atoms with E-state index in [4.69, 9.17) is 5.73 Å². The molecule has 5 rings (SSSR count). The van der Waals surface area contributed by atoms with E-state index in [9.17, 15) is 23.2 Å². The number of nitrogens with one attached hydrogen (secondary N) is 1. The lowest BCUT2D eigenvalue weighted by Gasteiger charge is -2.47. The van der Waals surface area contributed by atoms with Gasteiger partial charge in [0.1, 0.15) is 5.82 Å². The second kappa shape index (κ2) is 8.01. The number of pyridine rings is 1. The molecule has 1 fully saturated rings. The molecule has 0 bridgehead atoms. The molecular weight excluding hydrogens is 459 g/mol. The summed E-state index contributed by atoms with van der Waals surface area (Å²) < 4.78 is 41.5. The highest BCUT2D eigenvalue weighted by Crippen LogP contribution is 2.44. The predicted molar refractivity (Wildman–Crippen MR) is 121 cm³/mol. The fraction of sp³-hybridized carbons (Fsp3) is 0.333. The number of carbonyl (C=O) groups excluding carboxylic acids is 1. The number of benzene rings is 1. The number of anilines is 1. The van der Waals surface area contributed by atoms with Crippen LogP contribution < -0.4 is 11.1 Å². The molecule has 11 heteroatoms. The molecule has 2 aromatic heterocycles. The third kappa shape index (κ3) is 3.84. The van der Waals surface area contributed by atoms with Crippen molar-refractivity contribution in [3.8, 4) is 17.3 Å². The summed E-state index contributed by atoms with van der Waals surface area (Å²) in [5.41, 5.74) is 6.92. The van der Waals surface area contributed by atoms with Crippen LogP contribution in [0.2, 0.25) is 0 Å². The number of hydrogen-bond acceptors (Lipinski definition) is 5. The number of hydrogen-bond donors (Lipinski definition) is 2. The van der Waals surface area contributed by atoms with Crippen LogP contribution in [0, 0.1) is 11.3 Å². The van der Waals surface area contributed by atoms with Gasteiger partial charge in [-0.1, -0.05) is 18.2 Å². The molecule has 180 valence electrons. The molecule has 0 unspecified atom stereocenters. The van der Waals surface area contributed by atoms with Gasteiger partial charge in [0, 0.05) is 42.5 Å². The maximum Gasteiger partial charge on any atom is 0.419 e. The van der Waals surface area contributed by atoms with Gasteiger partial charge in [0.15, 0.2) is 0 Å². The Balaban J connectivity index is 1.30. The van der Waals surface area contributed by atoms with Gasteiger partial charge in [-0.3, -0.25) is 4.68 Å². The number of halogens is 3. The molecule has 3 N–H and O–H groups in total. The Labute approximate surface area is 199 Å². The van der Waals surface area contributed by atoms with E-state index >= 15 is 0 Å². The summed E-state index contributed by atoms with van der Waals surface area (Å²) in [5, 5.41) is 16.7. The highest BCUT2D eigenvalue weighted by molar-refractivity contribution is 5.76. The number of aromatic nitrogens is 3. The number of nitriles is 1. The number of fused-ring (bicyclic) bond motifs is 2. The molecule has 2 aliphatic heterocycles. The van der Waals surface area contributed by atoms with E-state index in [2.05, 4.69) is 21.5 Å². The molecule has 0 aliphatic carbocycles. The molecule has 1 saturated heterocycles. The van der Waals surface area contributed by atoms with Crippen molar-refractivity contribution in [3.63, 3.8) is 0 Å². The van der Waals surface area contributed by atoms with E-state index in [-0.39, 0.29) is 23.1 Å². The number of urea groups is 1. The van der Waals surface area contributed by atoms with Gasteiger partial charge in [0.2, 0.25) is 0 Å². The average Bonchev–Trinajstić information content (AvgIpc) is 3.37. The topological polar surface area (TPSA) is 113 Å². The van der Waals surface area contributed by atoms with Crippen molar-refractivity contribution in [1.82, 2.24) is 25.0 Å². The summed E-state index contributed by atoms with van der Waals surface area (Å²) in [5.74, 6) is -0.572. The van der Waals surface area contributed by atoms with Crippen LogP contribution in [0.25, 0.3) is 11.3 Å². The number of nitrogens with zero attached hydrogens (tertiary/aromatic N) is 5. The molecule has 1 spiro atoms. The van der Waals surface area contributed by atoms with Crippen LogP contribution in [0.4, 0.5) is 23.8 Å². The molecule has 2 amide bonds. The van der Waals surface area contributed by atoms with Crippen LogP contribution >= 0.6 is 0 Å². The highest BCUT2D eigenvalue weighted by atomic mass is 19.4. The second-order valence-electron chi connectivity index (χ2n) is 9.05. The second-order valence-corrected chi connectivity index (χ2v) is 9.05. The molecule has 4 heterocycles. The maximum atomic E-state index is 13.2. The van der Waals surface area contributed by atoms with E-state index in [1.54, 1.807) is 27.8 Å². The Morgan fingerprint density at radius 2 is 2.03 bits per heavy atom. The monoisotopic (exact) mass is 481 g/mol. The van der Waals surface area contributed by atoms with Crippen LogP contribution in [0.5, 0.6) is 0 Å². The number of likely N-dealkylation sites (tertiary alicyclic amines) is 1. The van der Waals surface area contributed by atoms with Crippen LogP contribution in [0.15, 0.2) is 42.6 Å². The minimum absolute atomic E-state index is 0.230. The van der Waals surface area contributed by atoms with E-state index in [0.29, 0.717) is 30.9 Å². The van der Waals surface area contributed by atoms with Gasteiger partial charge < -0.3 is 16.0 Å². The van der Waals surface area contributed by atoms with E-state index in [1.807, 2.05) is 19.1 Å². The normalized spacial score (nSPS) is 16.9. The quantitative estimate of drug-likeness (QED) is 0.590. The van der Waals surface area contributed by atoms with Crippen LogP contribution in [-0.2, 0) is 18.1 Å². The molecule has 1 aromatic carbocycles. The standard InChI is InChI=1S/C24H22F3N7O/c1-14(17-5-3-2-4-15(17)10-28)31-22(35)33-12-23(13-33)6-7-34-20(23)9-19(32-34)16-8-18(24(25,26)27)21(29)30-11-16/h2-5,8-9,11,14H,6-7,12-13H2,1H3,(H2,29,30)(H,31,35)/t14-/m1/s1. The SMILES string of the molecule is C[C@@H](NC(=O)N1CC2(CCn3nc(-c4cnc(N)c(C(F)(F)F)c4)cc32)C1)c1ccccc1C#N. The first-order chi connectivity index (χ1) is 16.6. The number of aryl methyl sites for hydroxylation is 1. The first-order valence-corrected chi connectivity index (χ1v) is 11.1. The zero-order valence-corrected chi connectivity index (χ0v) is 18.8. The Kier molecular flexibility index (Phi) is 5.20. The molecule has 1 atom stereocenters. The lowest BCUT2D eigenvalue weighted by Crippen LogP contribution is -2.62.